The van der Waals surface area contributed by atoms with E-state index in [1.54, 1.807) is 17.3 Å². The van der Waals surface area contributed by atoms with Crippen molar-refractivity contribution < 1.29 is 4.79 Å². The molecular weight excluding hydrogens is 306 g/mol. The monoisotopic (exact) mass is 323 g/mol. The second-order valence-electron chi connectivity index (χ2n) is 4.81. The van der Waals surface area contributed by atoms with Gasteiger partial charge in [0, 0.05) is 23.9 Å². The number of amides is 1. The van der Waals surface area contributed by atoms with Crippen LogP contribution in [0.2, 0.25) is 5.02 Å². The summed E-state index contributed by atoms with van der Waals surface area (Å²) in [6, 6.07) is 7.46. The molecule has 0 saturated carbocycles. The summed E-state index contributed by atoms with van der Waals surface area (Å²) in [4.78, 5) is 18.5. The summed E-state index contributed by atoms with van der Waals surface area (Å²) in [5.41, 5.74) is 7.02. The lowest BCUT2D eigenvalue weighted by molar-refractivity contribution is 0.0737. The van der Waals surface area contributed by atoms with Gasteiger partial charge in [-0.15, -0.1) is 11.3 Å². The number of thiazole rings is 1. The maximum Gasteiger partial charge on any atom is 0.273 e. The van der Waals surface area contributed by atoms with Crippen LogP contribution in [0.4, 0.5) is 0 Å². The number of carbonyl (C=O) groups is 1. The summed E-state index contributed by atoms with van der Waals surface area (Å²) in [6.45, 7) is 2.52. The van der Waals surface area contributed by atoms with Crippen LogP contribution in [0.1, 0.15) is 34.0 Å². The molecule has 0 spiro atoms. The Hall–Kier alpha value is -1.43. The average molecular weight is 324 g/mol. The van der Waals surface area contributed by atoms with Crippen LogP contribution < -0.4 is 5.73 Å². The SMILES string of the molecule is CC(c1ccc(Cl)cc1)N(C)C(=O)c1csc(CCN)n1. The summed E-state index contributed by atoms with van der Waals surface area (Å²) in [5.74, 6) is -0.0861. The van der Waals surface area contributed by atoms with Crippen LogP contribution in [0.15, 0.2) is 29.6 Å². The predicted octanol–water partition coefficient (Wildman–Crippen LogP) is 3.13. The predicted molar refractivity (Wildman–Crippen MR) is 86.8 cm³/mol. The molecule has 4 nitrogen and oxygen atoms in total. The van der Waals surface area contributed by atoms with Crippen molar-refractivity contribution in [2.75, 3.05) is 13.6 Å². The largest absolute Gasteiger partial charge is 0.334 e. The third kappa shape index (κ3) is 3.81. The number of carbonyl (C=O) groups excluding carboxylic acids is 1. The maximum absolute atomic E-state index is 12.5. The zero-order chi connectivity index (χ0) is 15.4. The van der Waals surface area contributed by atoms with Gasteiger partial charge in [0.05, 0.1) is 11.0 Å². The molecule has 1 unspecified atom stereocenters. The molecule has 112 valence electrons. The van der Waals surface area contributed by atoms with E-state index in [2.05, 4.69) is 4.98 Å². The quantitative estimate of drug-likeness (QED) is 0.919. The summed E-state index contributed by atoms with van der Waals surface area (Å²) < 4.78 is 0. The van der Waals surface area contributed by atoms with E-state index in [1.807, 2.05) is 31.2 Å². The highest BCUT2D eigenvalue weighted by Gasteiger charge is 2.21. The molecule has 1 aromatic carbocycles. The minimum Gasteiger partial charge on any atom is -0.334 e. The number of halogens is 1. The fourth-order valence-electron chi connectivity index (χ4n) is 1.97. The Bertz CT molecular complexity index is 612. The molecule has 1 amide bonds. The Kier molecular flexibility index (Phi) is 5.33. The Balaban J connectivity index is 2.12. The van der Waals surface area contributed by atoms with Gasteiger partial charge in [-0.2, -0.15) is 0 Å². The highest BCUT2D eigenvalue weighted by atomic mass is 35.5. The van der Waals surface area contributed by atoms with E-state index < -0.39 is 0 Å². The van der Waals surface area contributed by atoms with Crippen LogP contribution in [-0.4, -0.2) is 29.4 Å². The number of rotatable bonds is 5. The summed E-state index contributed by atoms with van der Waals surface area (Å²) >= 11 is 7.36. The highest BCUT2D eigenvalue weighted by molar-refractivity contribution is 7.09. The van der Waals surface area contributed by atoms with Gasteiger partial charge in [-0.25, -0.2) is 4.98 Å². The van der Waals surface area contributed by atoms with Crippen LogP contribution in [0, 0.1) is 0 Å². The molecule has 0 aliphatic carbocycles. The van der Waals surface area contributed by atoms with E-state index in [0.717, 1.165) is 10.6 Å². The first-order valence-electron chi connectivity index (χ1n) is 6.70. The van der Waals surface area contributed by atoms with Crippen molar-refractivity contribution in [1.82, 2.24) is 9.88 Å². The van der Waals surface area contributed by atoms with Crippen LogP contribution >= 0.6 is 22.9 Å². The molecule has 0 aliphatic heterocycles. The van der Waals surface area contributed by atoms with Crippen molar-refractivity contribution in [2.24, 2.45) is 5.73 Å². The van der Waals surface area contributed by atoms with Gasteiger partial charge < -0.3 is 10.6 Å². The molecule has 0 saturated heterocycles. The standard InChI is InChI=1S/C15H18ClN3OS/c1-10(11-3-5-12(16)6-4-11)19(2)15(20)13-9-21-14(18-13)7-8-17/h3-6,9-10H,7-8,17H2,1-2H3. The van der Waals surface area contributed by atoms with Gasteiger partial charge in [-0.05, 0) is 31.2 Å². The number of hydrogen-bond donors (Lipinski definition) is 1. The van der Waals surface area contributed by atoms with Gasteiger partial charge in [0.15, 0.2) is 0 Å². The minimum absolute atomic E-state index is 0.0468. The smallest absolute Gasteiger partial charge is 0.273 e. The van der Waals surface area contributed by atoms with E-state index in [4.69, 9.17) is 17.3 Å². The highest BCUT2D eigenvalue weighted by Crippen LogP contribution is 2.23. The summed E-state index contributed by atoms with van der Waals surface area (Å²) in [5, 5.41) is 3.37. The molecule has 1 aromatic heterocycles. The lowest BCUT2D eigenvalue weighted by atomic mass is 10.1. The third-order valence-electron chi connectivity index (χ3n) is 3.38. The topological polar surface area (TPSA) is 59.2 Å². The number of hydrogen-bond acceptors (Lipinski definition) is 4. The van der Waals surface area contributed by atoms with Crippen LogP contribution in [-0.2, 0) is 6.42 Å². The van der Waals surface area contributed by atoms with Gasteiger partial charge in [0.25, 0.3) is 5.91 Å². The molecule has 1 atom stereocenters. The average Bonchev–Trinajstić information content (AvgIpc) is 2.95. The number of aromatic nitrogens is 1. The summed E-state index contributed by atoms with van der Waals surface area (Å²) in [7, 11) is 1.78. The molecule has 2 N–H and O–H groups in total. The fraction of sp³-hybridized carbons (Fsp3) is 0.333. The zero-order valence-corrected chi connectivity index (χ0v) is 13.6. The Labute approximate surface area is 133 Å². The first-order chi connectivity index (χ1) is 10.0. The minimum atomic E-state index is -0.0861. The van der Waals surface area contributed by atoms with Gasteiger partial charge in [0.2, 0.25) is 0 Å². The Morgan fingerprint density at radius 2 is 2.10 bits per heavy atom. The number of benzene rings is 1. The summed E-state index contributed by atoms with van der Waals surface area (Å²) in [6.07, 6.45) is 0.703. The Morgan fingerprint density at radius 1 is 1.43 bits per heavy atom. The van der Waals surface area contributed by atoms with E-state index in [0.29, 0.717) is 23.7 Å². The zero-order valence-electron chi connectivity index (χ0n) is 12.0. The van der Waals surface area contributed by atoms with Crippen LogP contribution in [0.25, 0.3) is 0 Å². The van der Waals surface area contributed by atoms with Crippen molar-refractivity contribution in [3.63, 3.8) is 0 Å². The molecule has 0 fully saturated rings. The maximum atomic E-state index is 12.5. The molecule has 0 bridgehead atoms. The molecule has 6 heteroatoms. The molecule has 21 heavy (non-hydrogen) atoms. The molecule has 1 heterocycles. The van der Waals surface area contributed by atoms with Gasteiger partial charge in [0.1, 0.15) is 5.69 Å². The molecule has 2 aromatic rings. The van der Waals surface area contributed by atoms with E-state index in [1.165, 1.54) is 11.3 Å². The normalized spacial score (nSPS) is 12.2. The first kappa shape index (κ1) is 15.9. The van der Waals surface area contributed by atoms with Gasteiger partial charge >= 0.3 is 0 Å². The second kappa shape index (κ2) is 7.02. The van der Waals surface area contributed by atoms with E-state index >= 15 is 0 Å². The molecular formula is C15H18ClN3OS. The first-order valence-corrected chi connectivity index (χ1v) is 7.95. The lowest BCUT2D eigenvalue weighted by Gasteiger charge is -2.24. The van der Waals surface area contributed by atoms with Gasteiger partial charge in [-0.1, -0.05) is 23.7 Å². The van der Waals surface area contributed by atoms with Crippen molar-refractivity contribution in [3.05, 3.63) is 50.9 Å². The van der Waals surface area contributed by atoms with Crippen molar-refractivity contribution in [1.29, 1.82) is 0 Å². The lowest BCUT2D eigenvalue weighted by Crippen LogP contribution is -2.29. The third-order valence-corrected chi connectivity index (χ3v) is 4.54. The van der Waals surface area contributed by atoms with Crippen molar-refractivity contribution in [2.45, 2.75) is 19.4 Å². The number of nitrogens with zero attached hydrogens (tertiary/aromatic N) is 2. The van der Waals surface area contributed by atoms with E-state index in [-0.39, 0.29) is 11.9 Å². The Morgan fingerprint density at radius 3 is 2.71 bits per heavy atom. The van der Waals surface area contributed by atoms with E-state index in [9.17, 15) is 4.79 Å². The second-order valence-corrected chi connectivity index (χ2v) is 6.19. The fourth-order valence-corrected chi connectivity index (χ4v) is 2.88. The number of nitrogens with two attached hydrogens (primary N) is 1. The van der Waals surface area contributed by atoms with Crippen molar-refractivity contribution in [3.8, 4) is 0 Å². The molecule has 2 rings (SSSR count). The molecule has 0 aliphatic rings. The molecule has 0 radical (unpaired) electrons. The van der Waals surface area contributed by atoms with Crippen molar-refractivity contribution >= 4 is 28.8 Å². The van der Waals surface area contributed by atoms with Crippen LogP contribution in [0.3, 0.4) is 0 Å². The van der Waals surface area contributed by atoms with Gasteiger partial charge in [-0.3, -0.25) is 4.79 Å². The van der Waals surface area contributed by atoms with Crippen LogP contribution in [0.5, 0.6) is 0 Å².